The summed E-state index contributed by atoms with van der Waals surface area (Å²) in [6.45, 7) is 0.959. The van der Waals surface area contributed by atoms with E-state index in [1.165, 1.54) is 12.1 Å². The third-order valence-electron chi connectivity index (χ3n) is 2.70. The molecule has 0 spiro atoms. The second-order valence-corrected chi connectivity index (χ2v) is 3.55. The van der Waals surface area contributed by atoms with Crippen molar-refractivity contribution in [2.75, 3.05) is 13.7 Å². The minimum atomic E-state index is -0.194. The average molecular weight is 195 g/mol. The molecule has 3 heteroatoms. The Kier molecular flexibility index (Phi) is 2.79. The van der Waals surface area contributed by atoms with Gasteiger partial charge >= 0.3 is 0 Å². The molecule has 2 rings (SSSR count). The summed E-state index contributed by atoms with van der Waals surface area (Å²) in [6.07, 6.45) is 1.22. The minimum Gasteiger partial charge on any atom is -0.379 e. The number of hydrogen-bond donors (Lipinski definition) is 1. The maximum atomic E-state index is 12.7. The molecule has 0 aromatic heterocycles. The van der Waals surface area contributed by atoms with E-state index in [0.29, 0.717) is 0 Å². The molecule has 0 radical (unpaired) electrons. The molecule has 1 N–H and O–H groups in total. The van der Waals surface area contributed by atoms with Crippen LogP contribution in [-0.4, -0.2) is 19.8 Å². The Bertz CT molecular complexity index is 299. The zero-order chi connectivity index (χ0) is 9.97. The van der Waals surface area contributed by atoms with E-state index in [1.54, 1.807) is 7.11 Å². The summed E-state index contributed by atoms with van der Waals surface area (Å²) in [5.74, 6) is -0.194. The smallest absolute Gasteiger partial charge is 0.123 e. The van der Waals surface area contributed by atoms with Gasteiger partial charge in [-0.15, -0.1) is 0 Å². The lowest BCUT2D eigenvalue weighted by atomic mass is 10.0. The molecule has 1 saturated heterocycles. The van der Waals surface area contributed by atoms with Gasteiger partial charge in [-0.05, 0) is 30.7 Å². The Balaban J connectivity index is 2.17. The zero-order valence-electron chi connectivity index (χ0n) is 8.16. The fraction of sp³-hybridized carbons (Fsp3) is 0.455. The highest BCUT2D eigenvalue weighted by atomic mass is 19.1. The van der Waals surface area contributed by atoms with Crippen molar-refractivity contribution in [3.63, 3.8) is 0 Å². The highest BCUT2D eigenvalue weighted by Gasteiger charge is 2.27. The third kappa shape index (κ3) is 1.79. The first-order chi connectivity index (χ1) is 6.81. The van der Waals surface area contributed by atoms with Gasteiger partial charge in [0.15, 0.2) is 0 Å². The summed E-state index contributed by atoms with van der Waals surface area (Å²) in [5, 5.41) is 3.35. The molecule has 1 heterocycles. The van der Waals surface area contributed by atoms with Gasteiger partial charge < -0.3 is 10.1 Å². The molecule has 2 unspecified atom stereocenters. The van der Waals surface area contributed by atoms with Crippen LogP contribution in [0.2, 0.25) is 0 Å². The van der Waals surface area contributed by atoms with Crippen molar-refractivity contribution in [3.05, 3.63) is 35.6 Å². The first-order valence-electron chi connectivity index (χ1n) is 4.83. The van der Waals surface area contributed by atoms with E-state index in [2.05, 4.69) is 5.32 Å². The summed E-state index contributed by atoms with van der Waals surface area (Å²) in [5.41, 5.74) is 1.09. The van der Waals surface area contributed by atoms with Gasteiger partial charge in [0.05, 0.1) is 12.1 Å². The lowest BCUT2D eigenvalue weighted by Gasteiger charge is -2.18. The Morgan fingerprint density at radius 2 is 2.07 bits per heavy atom. The predicted octanol–water partition coefficient (Wildman–Crippen LogP) is 1.88. The maximum absolute atomic E-state index is 12.7. The van der Waals surface area contributed by atoms with Gasteiger partial charge in [0, 0.05) is 7.11 Å². The number of rotatable bonds is 2. The molecule has 0 saturated carbocycles. The van der Waals surface area contributed by atoms with Crippen molar-refractivity contribution in [2.45, 2.75) is 18.6 Å². The van der Waals surface area contributed by atoms with E-state index >= 15 is 0 Å². The van der Waals surface area contributed by atoms with Gasteiger partial charge in [0.1, 0.15) is 5.82 Å². The van der Waals surface area contributed by atoms with Crippen LogP contribution in [0.5, 0.6) is 0 Å². The van der Waals surface area contributed by atoms with Crippen molar-refractivity contribution < 1.29 is 9.13 Å². The molecular formula is C11H14FNO. The van der Waals surface area contributed by atoms with Gasteiger partial charge in [-0.1, -0.05) is 12.1 Å². The van der Waals surface area contributed by atoms with Crippen LogP contribution in [0.25, 0.3) is 0 Å². The molecule has 1 aliphatic rings. The maximum Gasteiger partial charge on any atom is 0.123 e. The molecule has 1 fully saturated rings. The van der Waals surface area contributed by atoms with Crippen molar-refractivity contribution in [3.8, 4) is 0 Å². The van der Waals surface area contributed by atoms with Crippen LogP contribution in [0.4, 0.5) is 4.39 Å². The number of hydrogen-bond acceptors (Lipinski definition) is 2. The van der Waals surface area contributed by atoms with E-state index < -0.39 is 0 Å². The normalized spacial score (nSPS) is 26.7. The summed E-state index contributed by atoms with van der Waals surface area (Å²) >= 11 is 0. The van der Waals surface area contributed by atoms with Gasteiger partial charge in [-0.3, -0.25) is 0 Å². The lowest BCUT2D eigenvalue weighted by molar-refractivity contribution is 0.0920. The highest BCUT2D eigenvalue weighted by molar-refractivity contribution is 5.22. The number of halogens is 1. The fourth-order valence-electron chi connectivity index (χ4n) is 1.94. The van der Waals surface area contributed by atoms with Crippen LogP contribution in [-0.2, 0) is 4.74 Å². The van der Waals surface area contributed by atoms with Crippen molar-refractivity contribution in [1.29, 1.82) is 0 Å². The van der Waals surface area contributed by atoms with Crippen LogP contribution in [0.3, 0.4) is 0 Å². The highest BCUT2D eigenvalue weighted by Crippen LogP contribution is 2.25. The number of ether oxygens (including phenoxy) is 1. The average Bonchev–Trinajstić information content (AvgIpc) is 2.67. The van der Waals surface area contributed by atoms with Crippen molar-refractivity contribution >= 4 is 0 Å². The molecule has 1 aromatic rings. The Labute approximate surface area is 83.1 Å². The summed E-state index contributed by atoms with van der Waals surface area (Å²) in [6, 6.07) is 6.80. The molecule has 0 amide bonds. The van der Waals surface area contributed by atoms with E-state index in [4.69, 9.17) is 4.74 Å². The van der Waals surface area contributed by atoms with Gasteiger partial charge in [0.2, 0.25) is 0 Å². The predicted molar refractivity (Wildman–Crippen MR) is 52.6 cm³/mol. The molecule has 0 bridgehead atoms. The van der Waals surface area contributed by atoms with E-state index in [-0.39, 0.29) is 18.0 Å². The van der Waals surface area contributed by atoms with E-state index in [0.717, 1.165) is 18.5 Å². The van der Waals surface area contributed by atoms with Crippen LogP contribution in [0, 0.1) is 5.82 Å². The minimum absolute atomic E-state index is 0.194. The number of methoxy groups -OCH3 is 1. The van der Waals surface area contributed by atoms with Crippen LogP contribution in [0.1, 0.15) is 18.0 Å². The van der Waals surface area contributed by atoms with Crippen LogP contribution in [0.15, 0.2) is 24.3 Å². The molecule has 14 heavy (non-hydrogen) atoms. The number of nitrogens with one attached hydrogen (secondary N) is 1. The second kappa shape index (κ2) is 4.07. The standard InChI is InChI=1S/C11H14FNO/c1-14-10-6-7-13-11(10)8-2-4-9(12)5-3-8/h2-5,10-11,13H,6-7H2,1H3. The van der Waals surface area contributed by atoms with Gasteiger partial charge in [-0.2, -0.15) is 0 Å². The second-order valence-electron chi connectivity index (χ2n) is 3.55. The molecule has 0 aliphatic carbocycles. The van der Waals surface area contributed by atoms with Crippen molar-refractivity contribution in [2.24, 2.45) is 0 Å². The first-order valence-corrected chi connectivity index (χ1v) is 4.83. The van der Waals surface area contributed by atoms with Gasteiger partial charge in [0.25, 0.3) is 0 Å². The third-order valence-corrected chi connectivity index (χ3v) is 2.70. The summed E-state index contributed by atoms with van der Waals surface area (Å²) < 4.78 is 18.1. The number of benzene rings is 1. The molecule has 76 valence electrons. The quantitative estimate of drug-likeness (QED) is 0.778. The lowest BCUT2D eigenvalue weighted by Crippen LogP contribution is -2.22. The summed E-state index contributed by atoms with van der Waals surface area (Å²) in [7, 11) is 1.72. The Morgan fingerprint density at radius 3 is 2.71 bits per heavy atom. The van der Waals surface area contributed by atoms with Crippen LogP contribution < -0.4 is 5.32 Å². The Morgan fingerprint density at radius 1 is 1.36 bits per heavy atom. The SMILES string of the molecule is COC1CCNC1c1ccc(F)cc1. The Hall–Kier alpha value is -0.930. The van der Waals surface area contributed by atoms with Crippen LogP contribution >= 0.6 is 0 Å². The largest absolute Gasteiger partial charge is 0.379 e. The van der Waals surface area contributed by atoms with Gasteiger partial charge in [-0.25, -0.2) is 4.39 Å². The monoisotopic (exact) mass is 195 g/mol. The van der Waals surface area contributed by atoms with E-state index in [9.17, 15) is 4.39 Å². The first kappa shape index (κ1) is 9.62. The topological polar surface area (TPSA) is 21.3 Å². The zero-order valence-corrected chi connectivity index (χ0v) is 8.16. The molecule has 2 atom stereocenters. The summed E-state index contributed by atoms with van der Waals surface area (Å²) in [4.78, 5) is 0. The van der Waals surface area contributed by atoms with Crippen molar-refractivity contribution in [1.82, 2.24) is 5.32 Å². The molecule has 2 nitrogen and oxygen atoms in total. The molecular weight excluding hydrogens is 181 g/mol. The van der Waals surface area contributed by atoms with E-state index in [1.807, 2.05) is 12.1 Å². The molecule has 1 aliphatic heterocycles. The fourth-order valence-corrected chi connectivity index (χ4v) is 1.94. The molecule has 1 aromatic carbocycles.